The third-order valence-corrected chi connectivity index (χ3v) is 4.88. The lowest BCUT2D eigenvalue weighted by Crippen LogP contribution is -2.48. The zero-order valence-corrected chi connectivity index (χ0v) is 16.8. The average molecular weight is 412 g/mol. The molecule has 2 heterocycles. The van der Waals surface area contributed by atoms with Gasteiger partial charge in [-0.05, 0) is 39.0 Å². The molecule has 4 rings (SSSR count). The molecule has 2 aliphatic heterocycles. The van der Waals surface area contributed by atoms with Gasteiger partial charge in [0.1, 0.15) is 5.82 Å². The number of carbonyl (C=O) groups is 2. The summed E-state index contributed by atoms with van der Waals surface area (Å²) in [4.78, 5) is 27.3. The van der Waals surface area contributed by atoms with Gasteiger partial charge in [-0.3, -0.25) is 4.90 Å². The molecule has 1 N–H and O–H groups in total. The van der Waals surface area contributed by atoms with Gasteiger partial charge in [0, 0.05) is 17.3 Å². The summed E-state index contributed by atoms with van der Waals surface area (Å²) in [7, 11) is 0. The zero-order valence-electron chi connectivity index (χ0n) is 16.8. The molecular formula is C22H21FN2O5. The Morgan fingerprint density at radius 2 is 1.93 bits per heavy atom. The van der Waals surface area contributed by atoms with Gasteiger partial charge in [-0.1, -0.05) is 18.2 Å². The molecule has 7 nitrogen and oxygen atoms in total. The number of urea groups is 1. The van der Waals surface area contributed by atoms with Crippen molar-refractivity contribution >= 4 is 17.7 Å². The van der Waals surface area contributed by atoms with E-state index < -0.39 is 23.9 Å². The number of nitrogens with zero attached hydrogens (tertiary/aromatic N) is 1. The summed E-state index contributed by atoms with van der Waals surface area (Å²) in [5.74, 6) is -0.0828. The lowest BCUT2D eigenvalue weighted by Gasteiger charge is -2.35. The van der Waals surface area contributed by atoms with Gasteiger partial charge in [-0.15, -0.1) is 0 Å². The maximum Gasteiger partial charge on any atom is 0.338 e. The van der Waals surface area contributed by atoms with Crippen LogP contribution in [0.3, 0.4) is 0 Å². The van der Waals surface area contributed by atoms with E-state index in [1.165, 1.54) is 17.0 Å². The fraction of sp³-hybridized carbons (Fsp3) is 0.273. The van der Waals surface area contributed by atoms with Crippen molar-refractivity contribution in [1.29, 1.82) is 0 Å². The topological polar surface area (TPSA) is 77.1 Å². The van der Waals surface area contributed by atoms with Crippen LogP contribution in [0.15, 0.2) is 53.7 Å². The highest BCUT2D eigenvalue weighted by atomic mass is 19.1. The van der Waals surface area contributed by atoms with Gasteiger partial charge >= 0.3 is 12.0 Å². The Bertz CT molecular complexity index is 1050. The molecule has 2 aromatic rings. The SMILES string of the molecule is CC1=C(C(=O)OC(C)C)[C@@H](c2ccccc2F)NC(=O)N1c1ccc2c(c1)OCO2. The van der Waals surface area contributed by atoms with E-state index in [9.17, 15) is 14.0 Å². The van der Waals surface area contributed by atoms with Crippen molar-refractivity contribution in [3.8, 4) is 11.5 Å². The van der Waals surface area contributed by atoms with Crippen LogP contribution in [0.1, 0.15) is 32.4 Å². The van der Waals surface area contributed by atoms with E-state index in [1.807, 2.05) is 0 Å². The molecule has 0 aliphatic carbocycles. The second-order valence-corrected chi connectivity index (χ2v) is 7.23. The predicted molar refractivity (Wildman–Crippen MR) is 107 cm³/mol. The number of esters is 1. The number of amides is 2. The number of nitrogens with one attached hydrogen (secondary N) is 1. The number of allylic oxidation sites excluding steroid dienone is 1. The Morgan fingerprint density at radius 1 is 1.20 bits per heavy atom. The number of anilines is 1. The van der Waals surface area contributed by atoms with E-state index >= 15 is 0 Å². The van der Waals surface area contributed by atoms with Crippen molar-refractivity contribution in [3.63, 3.8) is 0 Å². The maximum absolute atomic E-state index is 14.5. The number of ether oxygens (including phenoxy) is 3. The van der Waals surface area contributed by atoms with E-state index in [0.29, 0.717) is 22.9 Å². The summed E-state index contributed by atoms with van der Waals surface area (Å²) in [6.07, 6.45) is -0.379. The van der Waals surface area contributed by atoms with Crippen molar-refractivity contribution in [1.82, 2.24) is 5.32 Å². The monoisotopic (exact) mass is 412 g/mol. The number of hydrogen-bond donors (Lipinski definition) is 1. The van der Waals surface area contributed by atoms with Crippen molar-refractivity contribution in [2.45, 2.75) is 32.9 Å². The molecule has 8 heteroatoms. The Hall–Kier alpha value is -3.55. The van der Waals surface area contributed by atoms with Crippen LogP contribution in [0, 0.1) is 5.82 Å². The highest BCUT2D eigenvalue weighted by Crippen LogP contribution is 2.39. The second kappa shape index (κ2) is 7.70. The standard InChI is InChI=1S/C22H21FN2O5/c1-12(2)30-21(26)19-13(3)25(14-8-9-17-18(10-14)29-11-28-17)22(27)24-20(19)15-6-4-5-7-16(15)23/h4-10,12,20H,11H2,1-3H3,(H,24,27)/t20-/m1/s1. The van der Waals surface area contributed by atoms with E-state index in [1.54, 1.807) is 51.1 Å². The number of halogens is 1. The number of carbonyl (C=O) groups excluding carboxylic acids is 2. The van der Waals surface area contributed by atoms with Crippen LogP contribution in [0.25, 0.3) is 0 Å². The fourth-order valence-electron chi connectivity index (χ4n) is 3.56. The smallest absolute Gasteiger partial charge is 0.338 e. The van der Waals surface area contributed by atoms with Crippen LogP contribution in [0.4, 0.5) is 14.9 Å². The van der Waals surface area contributed by atoms with Crippen LogP contribution in [-0.4, -0.2) is 24.9 Å². The zero-order chi connectivity index (χ0) is 21.4. The molecule has 0 radical (unpaired) electrons. The molecule has 30 heavy (non-hydrogen) atoms. The molecule has 2 aromatic carbocycles. The second-order valence-electron chi connectivity index (χ2n) is 7.23. The molecule has 1 atom stereocenters. The molecule has 0 saturated carbocycles. The molecule has 0 aromatic heterocycles. The minimum absolute atomic E-state index is 0.0983. The Kier molecular flexibility index (Phi) is 5.07. The summed E-state index contributed by atoms with van der Waals surface area (Å²) in [6, 6.07) is 9.56. The van der Waals surface area contributed by atoms with E-state index in [4.69, 9.17) is 14.2 Å². The lowest BCUT2D eigenvalue weighted by atomic mass is 9.94. The number of fused-ring (bicyclic) bond motifs is 1. The van der Waals surface area contributed by atoms with Gasteiger partial charge in [0.25, 0.3) is 0 Å². The van der Waals surface area contributed by atoms with Crippen LogP contribution in [0.5, 0.6) is 11.5 Å². The molecule has 156 valence electrons. The Morgan fingerprint density at radius 3 is 2.67 bits per heavy atom. The normalized spacial score (nSPS) is 18.0. The number of rotatable bonds is 4. The highest BCUT2D eigenvalue weighted by molar-refractivity contribution is 6.03. The fourth-order valence-corrected chi connectivity index (χ4v) is 3.56. The van der Waals surface area contributed by atoms with Crippen LogP contribution in [-0.2, 0) is 9.53 Å². The van der Waals surface area contributed by atoms with Crippen molar-refractivity contribution in [2.24, 2.45) is 0 Å². The Balaban J connectivity index is 1.83. The molecule has 0 unspecified atom stereocenters. The van der Waals surface area contributed by atoms with Crippen LogP contribution >= 0.6 is 0 Å². The predicted octanol–water partition coefficient (Wildman–Crippen LogP) is 4.05. The lowest BCUT2D eigenvalue weighted by molar-refractivity contribution is -0.143. The minimum atomic E-state index is -0.977. The summed E-state index contributed by atoms with van der Waals surface area (Å²) in [5.41, 5.74) is 1.17. The molecule has 0 fully saturated rings. The molecule has 2 amide bonds. The summed E-state index contributed by atoms with van der Waals surface area (Å²) < 4.78 is 30.6. The van der Waals surface area contributed by atoms with Gasteiger partial charge in [0.15, 0.2) is 11.5 Å². The molecule has 0 saturated heterocycles. The number of hydrogen-bond acceptors (Lipinski definition) is 5. The van der Waals surface area contributed by atoms with Gasteiger partial charge in [0.2, 0.25) is 6.79 Å². The van der Waals surface area contributed by atoms with Crippen molar-refractivity contribution in [2.75, 3.05) is 11.7 Å². The first-order valence-corrected chi connectivity index (χ1v) is 9.53. The van der Waals surface area contributed by atoms with Crippen LogP contribution < -0.4 is 19.7 Å². The minimum Gasteiger partial charge on any atom is -0.459 e. The average Bonchev–Trinajstić information content (AvgIpc) is 3.15. The summed E-state index contributed by atoms with van der Waals surface area (Å²) >= 11 is 0. The molecule has 2 aliphatic rings. The summed E-state index contributed by atoms with van der Waals surface area (Å²) in [6.45, 7) is 5.18. The van der Waals surface area contributed by atoms with Crippen LogP contribution in [0.2, 0.25) is 0 Å². The summed E-state index contributed by atoms with van der Waals surface area (Å²) in [5, 5.41) is 2.74. The molecular weight excluding hydrogens is 391 g/mol. The Labute approximate surface area is 173 Å². The van der Waals surface area contributed by atoms with E-state index in [-0.39, 0.29) is 24.0 Å². The van der Waals surface area contributed by atoms with Crippen molar-refractivity contribution < 1.29 is 28.2 Å². The first kappa shape index (κ1) is 19.8. The molecule has 0 bridgehead atoms. The number of benzene rings is 2. The first-order chi connectivity index (χ1) is 14.4. The first-order valence-electron chi connectivity index (χ1n) is 9.53. The molecule has 0 spiro atoms. The quantitative estimate of drug-likeness (QED) is 0.767. The third kappa shape index (κ3) is 3.45. The largest absolute Gasteiger partial charge is 0.459 e. The third-order valence-electron chi connectivity index (χ3n) is 4.88. The van der Waals surface area contributed by atoms with Gasteiger partial charge in [-0.25, -0.2) is 14.0 Å². The van der Waals surface area contributed by atoms with Gasteiger partial charge < -0.3 is 19.5 Å². The highest BCUT2D eigenvalue weighted by Gasteiger charge is 2.38. The van der Waals surface area contributed by atoms with Crippen molar-refractivity contribution in [3.05, 3.63) is 65.1 Å². The van der Waals surface area contributed by atoms with E-state index in [0.717, 1.165) is 0 Å². The maximum atomic E-state index is 14.5. The van der Waals surface area contributed by atoms with Gasteiger partial charge in [-0.2, -0.15) is 0 Å². The van der Waals surface area contributed by atoms with Gasteiger partial charge in [0.05, 0.1) is 23.4 Å². The van der Waals surface area contributed by atoms with E-state index in [2.05, 4.69) is 5.32 Å².